The predicted molar refractivity (Wildman–Crippen MR) is 62.2 cm³/mol. The van der Waals surface area contributed by atoms with E-state index >= 15 is 0 Å². The molecule has 16 heavy (non-hydrogen) atoms. The van der Waals surface area contributed by atoms with Crippen molar-refractivity contribution in [3.63, 3.8) is 0 Å². The Morgan fingerprint density at radius 2 is 1.69 bits per heavy atom. The Morgan fingerprint density at radius 3 is 2.25 bits per heavy atom. The molecule has 0 aromatic rings. The quantitative estimate of drug-likeness (QED) is 0.620. The molecule has 94 valence electrons. The molecule has 0 rings (SSSR count). The minimum Gasteiger partial charge on any atom is -0.450 e. The normalized spacial score (nSPS) is 9.62. The van der Waals surface area contributed by atoms with Crippen molar-refractivity contribution < 1.29 is 14.3 Å². The fourth-order valence-electron chi connectivity index (χ4n) is 1.13. The van der Waals surface area contributed by atoms with Crippen LogP contribution in [0.1, 0.15) is 39.5 Å². The van der Waals surface area contributed by atoms with Gasteiger partial charge < -0.3 is 15.4 Å². The molecule has 2 amide bonds. The number of unbranched alkanes of at least 4 members (excludes halogenated alkanes) is 2. The average molecular weight is 230 g/mol. The zero-order valence-corrected chi connectivity index (χ0v) is 10.2. The molecule has 5 heteroatoms. The van der Waals surface area contributed by atoms with E-state index < -0.39 is 0 Å². The Morgan fingerprint density at radius 1 is 1.06 bits per heavy atom. The first-order valence-corrected chi connectivity index (χ1v) is 5.82. The molecular weight excluding hydrogens is 208 g/mol. The van der Waals surface area contributed by atoms with Gasteiger partial charge in [0.25, 0.3) is 0 Å². The van der Waals surface area contributed by atoms with Gasteiger partial charge in [0.05, 0.1) is 6.61 Å². The van der Waals surface area contributed by atoms with Crippen LogP contribution in [0.25, 0.3) is 0 Å². The van der Waals surface area contributed by atoms with E-state index in [0.717, 1.165) is 25.7 Å². The summed E-state index contributed by atoms with van der Waals surface area (Å²) in [4.78, 5) is 21.5. The molecule has 0 saturated heterocycles. The zero-order chi connectivity index (χ0) is 12.2. The van der Waals surface area contributed by atoms with Gasteiger partial charge in [-0.15, -0.1) is 0 Å². The van der Waals surface area contributed by atoms with Crippen molar-refractivity contribution in [3.8, 4) is 0 Å². The van der Waals surface area contributed by atoms with Crippen LogP contribution in [-0.2, 0) is 9.53 Å². The number of nitrogens with one attached hydrogen (secondary N) is 2. The number of carbonyl (C=O) groups is 2. The molecule has 0 aliphatic heterocycles. The highest BCUT2D eigenvalue weighted by Crippen LogP contribution is 1.92. The third-order valence-corrected chi connectivity index (χ3v) is 1.93. The maximum absolute atomic E-state index is 11.0. The molecule has 0 radical (unpaired) electrons. The molecule has 2 N–H and O–H groups in total. The third-order valence-electron chi connectivity index (χ3n) is 1.93. The summed E-state index contributed by atoms with van der Waals surface area (Å²) in [5, 5.41) is 5.39. The van der Waals surface area contributed by atoms with Crippen molar-refractivity contribution in [3.05, 3.63) is 0 Å². The highest BCUT2D eigenvalue weighted by Gasteiger charge is 1.99. The first-order valence-electron chi connectivity index (χ1n) is 5.82. The van der Waals surface area contributed by atoms with Gasteiger partial charge in [-0.2, -0.15) is 0 Å². The topological polar surface area (TPSA) is 67.4 Å². The Hall–Kier alpha value is -1.26. The van der Waals surface area contributed by atoms with Gasteiger partial charge in [0.2, 0.25) is 5.91 Å². The first kappa shape index (κ1) is 14.7. The second-order valence-electron chi connectivity index (χ2n) is 3.61. The number of rotatable bonds is 8. The monoisotopic (exact) mass is 230 g/mol. The lowest BCUT2D eigenvalue weighted by atomic mass is 10.2. The van der Waals surface area contributed by atoms with Crippen molar-refractivity contribution in [1.82, 2.24) is 10.6 Å². The molecule has 0 aromatic heterocycles. The molecule has 5 nitrogen and oxygen atoms in total. The van der Waals surface area contributed by atoms with Crippen LogP contribution in [0.3, 0.4) is 0 Å². The van der Waals surface area contributed by atoms with Crippen LogP contribution in [0.5, 0.6) is 0 Å². The van der Waals surface area contributed by atoms with Gasteiger partial charge >= 0.3 is 6.09 Å². The Balaban J connectivity index is 3.14. The smallest absolute Gasteiger partial charge is 0.407 e. The Labute approximate surface area is 96.9 Å². The van der Waals surface area contributed by atoms with Crippen molar-refractivity contribution in [2.24, 2.45) is 0 Å². The molecule has 0 spiro atoms. The highest BCUT2D eigenvalue weighted by atomic mass is 16.5. The molecule has 0 heterocycles. The van der Waals surface area contributed by atoms with E-state index in [1.165, 1.54) is 6.92 Å². The van der Waals surface area contributed by atoms with Gasteiger partial charge in [-0.3, -0.25) is 4.79 Å². The molecule has 0 aromatic carbocycles. The molecule has 0 atom stereocenters. The summed E-state index contributed by atoms with van der Waals surface area (Å²) in [6.07, 6.45) is 3.31. The summed E-state index contributed by atoms with van der Waals surface area (Å²) in [7, 11) is 0. The van der Waals surface area contributed by atoms with Crippen LogP contribution < -0.4 is 10.6 Å². The van der Waals surface area contributed by atoms with Gasteiger partial charge in [-0.25, -0.2) is 4.79 Å². The standard InChI is InChI=1S/C11H22N2O3/c1-3-9-16-11(15)13-8-6-4-5-7-12-10(2)14/h3-9H2,1-2H3,(H,12,14)(H,13,15). The lowest BCUT2D eigenvalue weighted by Gasteiger charge is -2.05. The second kappa shape index (κ2) is 10.3. The van der Waals surface area contributed by atoms with Gasteiger partial charge in [-0.1, -0.05) is 6.92 Å². The number of ether oxygens (including phenoxy) is 1. The lowest BCUT2D eigenvalue weighted by molar-refractivity contribution is -0.118. The van der Waals surface area contributed by atoms with E-state index in [1.54, 1.807) is 0 Å². The van der Waals surface area contributed by atoms with E-state index in [-0.39, 0.29) is 12.0 Å². The fraction of sp³-hybridized carbons (Fsp3) is 0.818. The van der Waals surface area contributed by atoms with E-state index in [0.29, 0.717) is 19.7 Å². The van der Waals surface area contributed by atoms with Crippen LogP contribution in [0, 0.1) is 0 Å². The summed E-state index contributed by atoms with van der Waals surface area (Å²) < 4.78 is 4.84. The summed E-state index contributed by atoms with van der Waals surface area (Å²) in [5.74, 6) is 0.00117. The van der Waals surface area contributed by atoms with Crippen LogP contribution >= 0.6 is 0 Å². The highest BCUT2D eigenvalue weighted by molar-refractivity contribution is 5.72. The number of hydrogen-bond donors (Lipinski definition) is 2. The van der Waals surface area contributed by atoms with Crippen molar-refractivity contribution in [2.45, 2.75) is 39.5 Å². The van der Waals surface area contributed by atoms with Crippen molar-refractivity contribution >= 4 is 12.0 Å². The third kappa shape index (κ3) is 10.8. The number of alkyl carbamates (subject to hydrolysis) is 1. The fourth-order valence-corrected chi connectivity index (χ4v) is 1.13. The van der Waals surface area contributed by atoms with Gasteiger partial charge in [0.15, 0.2) is 0 Å². The molecule has 0 aliphatic rings. The summed E-state index contributed by atoms with van der Waals surface area (Å²) in [5.41, 5.74) is 0. The second-order valence-corrected chi connectivity index (χ2v) is 3.61. The van der Waals surface area contributed by atoms with Crippen LogP contribution in [0.4, 0.5) is 4.79 Å². The molecular formula is C11H22N2O3. The number of hydrogen-bond acceptors (Lipinski definition) is 3. The summed E-state index contributed by atoms with van der Waals surface area (Å²) in [6.45, 7) is 5.26. The lowest BCUT2D eigenvalue weighted by Crippen LogP contribution is -2.26. The average Bonchev–Trinajstić information content (AvgIpc) is 2.24. The van der Waals surface area contributed by atoms with Crippen molar-refractivity contribution in [2.75, 3.05) is 19.7 Å². The Bertz CT molecular complexity index is 207. The predicted octanol–water partition coefficient (Wildman–Crippen LogP) is 1.43. The number of carbonyl (C=O) groups excluding carboxylic acids is 2. The summed E-state index contributed by atoms with van der Waals surface area (Å²) >= 11 is 0. The van der Waals surface area contributed by atoms with Crippen LogP contribution in [-0.4, -0.2) is 31.7 Å². The maximum Gasteiger partial charge on any atom is 0.407 e. The van der Waals surface area contributed by atoms with Gasteiger partial charge in [0.1, 0.15) is 0 Å². The summed E-state index contributed by atoms with van der Waals surface area (Å²) in [6, 6.07) is 0. The van der Waals surface area contributed by atoms with Crippen LogP contribution in [0.15, 0.2) is 0 Å². The Kier molecular flexibility index (Phi) is 9.46. The minimum absolute atomic E-state index is 0.00117. The number of amides is 2. The first-order chi connectivity index (χ1) is 7.66. The SMILES string of the molecule is CCCOC(=O)NCCCCCNC(C)=O. The van der Waals surface area contributed by atoms with Gasteiger partial charge in [0, 0.05) is 20.0 Å². The molecule has 0 fully saturated rings. The van der Waals surface area contributed by atoms with Crippen LogP contribution in [0.2, 0.25) is 0 Å². The largest absolute Gasteiger partial charge is 0.450 e. The van der Waals surface area contributed by atoms with Crippen molar-refractivity contribution in [1.29, 1.82) is 0 Å². The maximum atomic E-state index is 11.0. The van der Waals surface area contributed by atoms with E-state index in [9.17, 15) is 9.59 Å². The molecule has 0 unspecified atom stereocenters. The van der Waals surface area contributed by atoms with E-state index in [2.05, 4.69) is 10.6 Å². The molecule has 0 aliphatic carbocycles. The van der Waals surface area contributed by atoms with Gasteiger partial charge in [-0.05, 0) is 25.7 Å². The van der Waals surface area contributed by atoms with E-state index in [1.807, 2.05) is 6.92 Å². The molecule has 0 bridgehead atoms. The van der Waals surface area contributed by atoms with E-state index in [4.69, 9.17) is 4.74 Å². The molecule has 0 saturated carbocycles. The zero-order valence-electron chi connectivity index (χ0n) is 10.2. The minimum atomic E-state index is -0.344.